The summed E-state index contributed by atoms with van der Waals surface area (Å²) in [7, 11) is 1.65. The first kappa shape index (κ1) is 24.5. The van der Waals surface area contributed by atoms with Gasteiger partial charge < -0.3 is 19.8 Å². The Labute approximate surface area is 201 Å². The van der Waals surface area contributed by atoms with Crippen LogP contribution in [0.5, 0.6) is 5.75 Å². The summed E-state index contributed by atoms with van der Waals surface area (Å²) >= 11 is 2.90. The highest BCUT2D eigenvalue weighted by molar-refractivity contribution is 7.99. The molecule has 0 atom stereocenters. The molecule has 0 bridgehead atoms. The van der Waals surface area contributed by atoms with Crippen LogP contribution >= 0.6 is 23.1 Å². The lowest BCUT2D eigenvalue weighted by atomic mass is 10.2. The Morgan fingerprint density at radius 2 is 2.15 bits per heavy atom. The van der Waals surface area contributed by atoms with Gasteiger partial charge in [0.05, 0.1) is 18.2 Å². The quantitative estimate of drug-likeness (QED) is 0.122. The predicted octanol–water partition coefficient (Wildman–Crippen LogP) is 5.57. The molecule has 2 N–H and O–H groups in total. The summed E-state index contributed by atoms with van der Waals surface area (Å²) in [6.45, 7) is 8.01. The van der Waals surface area contributed by atoms with Crippen LogP contribution in [0.4, 0.5) is 5.00 Å². The van der Waals surface area contributed by atoms with Crippen molar-refractivity contribution in [3.63, 3.8) is 0 Å². The molecule has 3 rings (SSSR count). The molecule has 172 valence electrons. The Balaban J connectivity index is 1.55. The van der Waals surface area contributed by atoms with Crippen molar-refractivity contribution in [2.75, 3.05) is 13.0 Å². The van der Waals surface area contributed by atoms with Gasteiger partial charge in [-0.15, -0.1) is 23.1 Å². The number of allylic oxidation sites excluding steroid dienone is 2. The second-order valence-electron chi connectivity index (χ2n) is 6.81. The van der Waals surface area contributed by atoms with Gasteiger partial charge in [-0.2, -0.15) is 0 Å². The molecule has 0 unspecified atom stereocenters. The van der Waals surface area contributed by atoms with Crippen molar-refractivity contribution >= 4 is 46.8 Å². The van der Waals surface area contributed by atoms with E-state index in [0.29, 0.717) is 28.1 Å². The fraction of sp³-hybridized carbons (Fsp3) is 0.208. The summed E-state index contributed by atoms with van der Waals surface area (Å²) in [6.07, 6.45) is 6.98. The molecule has 1 aromatic carbocycles. The van der Waals surface area contributed by atoms with Crippen molar-refractivity contribution in [3.05, 3.63) is 76.5 Å². The van der Waals surface area contributed by atoms with Gasteiger partial charge >= 0.3 is 0 Å². The van der Waals surface area contributed by atoms with Gasteiger partial charge in [-0.3, -0.25) is 9.79 Å². The van der Waals surface area contributed by atoms with Gasteiger partial charge in [-0.1, -0.05) is 18.2 Å². The van der Waals surface area contributed by atoms with Gasteiger partial charge in [-0.05, 0) is 49.6 Å². The minimum Gasteiger partial charge on any atom is -0.497 e. The van der Waals surface area contributed by atoms with Crippen molar-refractivity contribution in [2.24, 2.45) is 4.99 Å². The van der Waals surface area contributed by atoms with E-state index < -0.39 is 0 Å². The topological polar surface area (TPSA) is 88.8 Å². The van der Waals surface area contributed by atoms with Crippen molar-refractivity contribution < 1.29 is 13.9 Å². The molecular formula is C24H26N4O3S2. The number of amides is 1. The smallest absolute Gasteiger partial charge is 0.265 e. The second kappa shape index (κ2) is 12.2. The number of oxazole rings is 1. The molecule has 0 saturated heterocycles. The number of carbonyl (C=O) groups excluding carboxylic acids is 1. The zero-order valence-electron chi connectivity index (χ0n) is 18.8. The number of rotatable bonds is 11. The lowest BCUT2D eigenvalue weighted by Gasteiger charge is -2.06. The lowest BCUT2D eigenvalue weighted by molar-refractivity contribution is 0.0971. The highest BCUT2D eigenvalue weighted by atomic mass is 32.2. The molecule has 0 aliphatic heterocycles. The lowest BCUT2D eigenvalue weighted by Crippen LogP contribution is -2.20. The molecule has 0 aliphatic rings. The summed E-state index contributed by atoms with van der Waals surface area (Å²) in [4.78, 5) is 22.4. The highest BCUT2D eigenvalue weighted by Crippen LogP contribution is 2.37. The SMILES string of the molecule is C=Nc1sc(C(=O)NC(/C=C\c2cnc(C)o2)=C/C)cc1SCNCc1ccc(OC)cc1. The molecular weight excluding hydrogens is 456 g/mol. The third kappa shape index (κ3) is 7.18. The van der Waals surface area contributed by atoms with Crippen LogP contribution in [0.25, 0.3) is 6.08 Å². The molecule has 0 saturated carbocycles. The Hall–Kier alpha value is -3.14. The van der Waals surface area contributed by atoms with Crippen LogP contribution in [-0.2, 0) is 6.54 Å². The van der Waals surface area contributed by atoms with Crippen LogP contribution in [0, 0.1) is 6.92 Å². The van der Waals surface area contributed by atoms with Crippen molar-refractivity contribution in [2.45, 2.75) is 25.3 Å². The molecule has 1 amide bonds. The molecule has 2 heterocycles. The number of aliphatic imine (C=N–C) groups is 1. The van der Waals surface area contributed by atoms with Crippen LogP contribution in [-0.4, -0.2) is 30.6 Å². The Morgan fingerprint density at radius 1 is 1.36 bits per heavy atom. The fourth-order valence-electron chi connectivity index (χ4n) is 2.79. The zero-order chi connectivity index (χ0) is 23.6. The number of benzene rings is 1. The second-order valence-corrected chi connectivity index (χ2v) is 8.86. The van der Waals surface area contributed by atoms with Crippen molar-refractivity contribution in [1.82, 2.24) is 15.6 Å². The van der Waals surface area contributed by atoms with Gasteiger partial charge in [0.15, 0.2) is 5.89 Å². The molecule has 33 heavy (non-hydrogen) atoms. The molecule has 9 heteroatoms. The van der Waals surface area contributed by atoms with E-state index in [1.165, 1.54) is 11.3 Å². The maximum Gasteiger partial charge on any atom is 0.265 e. The number of hydrogen-bond donors (Lipinski definition) is 2. The number of aromatic nitrogens is 1. The third-order valence-electron chi connectivity index (χ3n) is 4.50. The number of nitrogens with one attached hydrogen (secondary N) is 2. The minimum atomic E-state index is -0.200. The Morgan fingerprint density at radius 3 is 2.79 bits per heavy atom. The van der Waals surface area contributed by atoms with Crippen molar-refractivity contribution in [1.29, 1.82) is 0 Å². The maximum absolute atomic E-state index is 12.8. The summed E-state index contributed by atoms with van der Waals surface area (Å²) in [5.41, 5.74) is 1.82. The van der Waals surface area contributed by atoms with Crippen LogP contribution in [0.2, 0.25) is 0 Å². The van der Waals surface area contributed by atoms with E-state index >= 15 is 0 Å². The average molecular weight is 483 g/mol. The molecule has 3 aromatic rings. The van der Waals surface area contributed by atoms with Crippen LogP contribution in [0.1, 0.15) is 33.8 Å². The number of ether oxygens (including phenoxy) is 1. The first-order valence-corrected chi connectivity index (χ1v) is 12.0. The Bertz CT molecular complexity index is 1150. The van der Waals surface area contributed by atoms with Gasteiger partial charge in [0.2, 0.25) is 0 Å². The van der Waals surface area contributed by atoms with Crippen molar-refractivity contribution in [3.8, 4) is 5.75 Å². The zero-order valence-corrected chi connectivity index (χ0v) is 20.4. The summed E-state index contributed by atoms with van der Waals surface area (Å²) < 4.78 is 10.6. The van der Waals surface area contributed by atoms with E-state index in [1.807, 2.05) is 43.3 Å². The third-order valence-corrected chi connectivity index (χ3v) is 6.67. The standard InChI is InChI=1S/C24H26N4O3S2/c1-5-18(8-11-20-14-27-16(2)31-20)28-23(29)21-12-22(24(25-3)33-21)32-15-26-13-17-6-9-19(30-4)10-7-17/h5-12,14,26H,3,13,15H2,1-2,4H3,(H,28,29)/b11-8-,18-5+. The van der Waals surface area contributed by atoms with E-state index in [4.69, 9.17) is 9.15 Å². The minimum absolute atomic E-state index is 0.200. The van der Waals surface area contributed by atoms with Crippen LogP contribution in [0.3, 0.4) is 0 Å². The first-order chi connectivity index (χ1) is 16.0. The molecule has 0 radical (unpaired) electrons. The molecule has 0 fully saturated rings. The predicted molar refractivity (Wildman–Crippen MR) is 136 cm³/mol. The van der Waals surface area contributed by atoms with E-state index in [-0.39, 0.29) is 5.91 Å². The fourth-order valence-corrected chi connectivity index (χ4v) is 4.67. The molecule has 0 spiro atoms. The molecule has 7 nitrogen and oxygen atoms in total. The summed E-state index contributed by atoms with van der Waals surface area (Å²) in [6, 6.07) is 9.78. The van der Waals surface area contributed by atoms with Gasteiger partial charge in [0, 0.05) is 29.9 Å². The number of nitrogens with zero attached hydrogens (tertiary/aromatic N) is 2. The normalized spacial score (nSPS) is 11.7. The van der Waals surface area contributed by atoms with E-state index in [2.05, 4.69) is 27.3 Å². The van der Waals surface area contributed by atoms with E-state index in [9.17, 15) is 4.79 Å². The van der Waals surface area contributed by atoms with E-state index in [0.717, 1.165) is 27.8 Å². The van der Waals surface area contributed by atoms with Gasteiger partial charge in [0.25, 0.3) is 5.91 Å². The number of thiophene rings is 1. The van der Waals surface area contributed by atoms with Gasteiger partial charge in [0.1, 0.15) is 16.5 Å². The number of aryl methyl sites for hydroxylation is 1. The van der Waals surface area contributed by atoms with Gasteiger partial charge in [-0.25, -0.2) is 4.98 Å². The number of carbonyl (C=O) groups is 1. The summed E-state index contributed by atoms with van der Waals surface area (Å²) in [5, 5.41) is 7.02. The average Bonchev–Trinajstić information content (AvgIpc) is 3.45. The largest absolute Gasteiger partial charge is 0.497 e. The summed E-state index contributed by atoms with van der Waals surface area (Å²) in [5.74, 6) is 2.52. The highest BCUT2D eigenvalue weighted by Gasteiger charge is 2.15. The number of hydrogen-bond acceptors (Lipinski definition) is 8. The monoisotopic (exact) mass is 482 g/mol. The number of methoxy groups -OCH3 is 1. The number of thioether (sulfide) groups is 1. The Kier molecular flexibility index (Phi) is 9.05. The molecule has 0 aliphatic carbocycles. The first-order valence-electron chi connectivity index (χ1n) is 10.2. The maximum atomic E-state index is 12.8. The van der Waals surface area contributed by atoms with Crippen LogP contribution in [0.15, 0.2) is 68.7 Å². The van der Waals surface area contributed by atoms with Crippen LogP contribution < -0.4 is 15.4 Å². The molecule has 2 aromatic heterocycles. The van der Waals surface area contributed by atoms with E-state index in [1.54, 1.807) is 44.1 Å².